The molecule has 1 aromatic rings. The average molecular weight is 396 g/mol. The van der Waals surface area contributed by atoms with Crippen molar-refractivity contribution in [1.29, 1.82) is 0 Å². The number of morpholine rings is 1. The van der Waals surface area contributed by atoms with Gasteiger partial charge in [0.1, 0.15) is 0 Å². The lowest BCUT2D eigenvalue weighted by molar-refractivity contribution is -0.231. The van der Waals surface area contributed by atoms with Crippen molar-refractivity contribution in [2.24, 2.45) is 0 Å². The quantitative estimate of drug-likeness (QED) is 0.828. The van der Waals surface area contributed by atoms with Gasteiger partial charge in [-0.05, 0) is 18.2 Å². The van der Waals surface area contributed by atoms with E-state index >= 15 is 0 Å². The lowest BCUT2D eigenvalue weighted by atomic mass is 10.3. The molecule has 0 unspecified atom stereocenters. The monoisotopic (exact) mass is 396 g/mol. The van der Waals surface area contributed by atoms with Crippen molar-refractivity contribution in [3.63, 3.8) is 0 Å². The van der Waals surface area contributed by atoms with Crippen molar-refractivity contribution >= 4 is 33.4 Å². The maximum atomic E-state index is 12.8. The van der Waals surface area contributed by atoms with E-state index in [4.69, 9.17) is 0 Å². The van der Waals surface area contributed by atoms with Crippen molar-refractivity contribution in [2.45, 2.75) is 28.5 Å². The maximum absolute atomic E-state index is 12.8. The summed E-state index contributed by atoms with van der Waals surface area (Å²) in [7, 11) is -4.13. The summed E-state index contributed by atoms with van der Waals surface area (Å²) in [5, 5.41) is 2.62. The molecule has 0 saturated carbocycles. The smallest absolute Gasteiger partial charge is 0.366 e. The molecule has 2 aliphatic heterocycles. The molecule has 1 amide bonds. The first kappa shape index (κ1) is 18.5. The van der Waals surface area contributed by atoms with Crippen LogP contribution in [0.1, 0.15) is 6.42 Å². The third kappa shape index (κ3) is 3.94. The van der Waals surface area contributed by atoms with E-state index in [-0.39, 0.29) is 24.0 Å². The van der Waals surface area contributed by atoms with E-state index in [0.29, 0.717) is 17.9 Å². The molecule has 25 heavy (non-hydrogen) atoms. The molecule has 3 rings (SSSR count). The number of nitrogens with one attached hydrogen (secondary N) is 1. The van der Waals surface area contributed by atoms with E-state index in [1.807, 2.05) is 0 Å². The number of rotatable bonds is 2. The Hall–Kier alpha value is -1.30. The molecule has 0 aromatic heterocycles. The first-order chi connectivity index (χ1) is 11.7. The molecule has 1 atom stereocenters. The van der Waals surface area contributed by atoms with Gasteiger partial charge in [-0.1, -0.05) is 0 Å². The summed E-state index contributed by atoms with van der Waals surface area (Å²) < 4.78 is 69.3. The number of hydrogen-bond donors (Lipinski definition) is 1. The van der Waals surface area contributed by atoms with Crippen LogP contribution in [-0.2, 0) is 19.6 Å². The van der Waals surface area contributed by atoms with Gasteiger partial charge < -0.3 is 10.1 Å². The number of amides is 1. The van der Waals surface area contributed by atoms with Gasteiger partial charge in [-0.2, -0.15) is 17.5 Å². The van der Waals surface area contributed by atoms with E-state index in [0.717, 1.165) is 9.20 Å². The first-order valence-corrected chi connectivity index (χ1v) is 9.85. The van der Waals surface area contributed by atoms with Crippen LogP contribution in [-0.4, -0.2) is 56.4 Å². The maximum Gasteiger partial charge on any atom is 0.415 e. The molecule has 1 aromatic carbocycles. The molecule has 1 N–H and O–H groups in total. The molecule has 0 spiro atoms. The molecule has 2 heterocycles. The van der Waals surface area contributed by atoms with Crippen molar-refractivity contribution in [2.75, 3.05) is 30.8 Å². The highest BCUT2D eigenvalue weighted by molar-refractivity contribution is 7.99. The minimum absolute atomic E-state index is 0.156. The highest BCUT2D eigenvalue weighted by Crippen LogP contribution is 2.34. The molecule has 0 bridgehead atoms. The molecule has 11 heteroatoms. The molecule has 6 nitrogen and oxygen atoms in total. The molecule has 138 valence electrons. The van der Waals surface area contributed by atoms with E-state index < -0.39 is 28.8 Å². The number of ether oxygens (including phenoxy) is 1. The third-order valence-electron chi connectivity index (χ3n) is 3.84. The second-order valence-electron chi connectivity index (χ2n) is 5.57. The van der Waals surface area contributed by atoms with Crippen LogP contribution < -0.4 is 5.32 Å². The van der Waals surface area contributed by atoms with Gasteiger partial charge >= 0.3 is 6.18 Å². The van der Waals surface area contributed by atoms with Crippen LogP contribution in [0.5, 0.6) is 0 Å². The number of nitrogens with zero attached hydrogens (tertiary/aromatic N) is 1. The van der Waals surface area contributed by atoms with E-state index in [2.05, 4.69) is 10.1 Å². The number of carbonyl (C=O) groups excluding carboxylic acids is 1. The zero-order valence-electron chi connectivity index (χ0n) is 12.9. The Labute approximate surface area is 146 Å². The van der Waals surface area contributed by atoms with Crippen LogP contribution in [0.15, 0.2) is 28.0 Å². The van der Waals surface area contributed by atoms with Crippen LogP contribution in [0.4, 0.5) is 18.9 Å². The first-order valence-electron chi connectivity index (χ1n) is 7.43. The normalized spacial score (nSPS) is 22.8. The van der Waals surface area contributed by atoms with Crippen molar-refractivity contribution < 1.29 is 31.1 Å². The largest absolute Gasteiger partial charge is 0.415 e. The van der Waals surface area contributed by atoms with Crippen LogP contribution >= 0.6 is 11.8 Å². The van der Waals surface area contributed by atoms with Gasteiger partial charge in [0.25, 0.3) is 0 Å². The Morgan fingerprint density at radius 3 is 2.80 bits per heavy atom. The van der Waals surface area contributed by atoms with Gasteiger partial charge in [-0.15, -0.1) is 11.8 Å². The fraction of sp³-hybridized carbons (Fsp3) is 0.500. The fourth-order valence-corrected chi connectivity index (χ4v) is 4.94. The van der Waals surface area contributed by atoms with E-state index in [1.165, 1.54) is 23.9 Å². The van der Waals surface area contributed by atoms with Gasteiger partial charge in [-0.25, -0.2) is 8.42 Å². The number of fused-ring (bicyclic) bond motifs is 1. The minimum atomic E-state index is -4.63. The summed E-state index contributed by atoms with van der Waals surface area (Å²) in [5.41, 5.74) is 0.356. The van der Waals surface area contributed by atoms with Gasteiger partial charge in [-0.3, -0.25) is 4.79 Å². The number of benzene rings is 1. The number of halogens is 3. The van der Waals surface area contributed by atoms with Crippen LogP contribution in [0, 0.1) is 0 Å². The van der Waals surface area contributed by atoms with Gasteiger partial charge in [0.05, 0.1) is 17.2 Å². The Morgan fingerprint density at radius 2 is 2.08 bits per heavy atom. The summed E-state index contributed by atoms with van der Waals surface area (Å²) in [5.74, 6) is 0.339. The topological polar surface area (TPSA) is 75.7 Å². The zero-order chi connectivity index (χ0) is 18.2. The second-order valence-corrected chi connectivity index (χ2v) is 8.64. The summed E-state index contributed by atoms with van der Waals surface area (Å²) in [6.07, 6.45) is -6.47. The Bertz CT molecular complexity index is 783. The van der Waals surface area contributed by atoms with Crippen LogP contribution in [0.3, 0.4) is 0 Å². The predicted molar refractivity (Wildman–Crippen MR) is 85.0 cm³/mol. The lowest BCUT2D eigenvalue weighted by Gasteiger charge is -2.33. The summed E-state index contributed by atoms with van der Waals surface area (Å²) in [4.78, 5) is 12.2. The lowest BCUT2D eigenvalue weighted by Crippen LogP contribution is -2.51. The highest BCUT2D eigenvalue weighted by atomic mass is 32.2. The molecule has 2 aliphatic rings. The molecular weight excluding hydrogens is 381 g/mol. The summed E-state index contributed by atoms with van der Waals surface area (Å²) >= 11 is 1.41. The minimum Gasteiger partial charge on any atom is -0.366 e. The van der Waals surface area contributed by atoms with Crippen molar-refractivity contribution in [3.8, 4) is 0 Å². The zero-order valence-corrected chi connectivity index (χ0v) is 14.5. The van der Waals surface area contributed by atoms with Gasteiger partial charge in [0.2, 0.25) is 15.9 Å². The predicted octanol–water partition coefficient (Wildman–Crippen LogP) is 2.07. The summed E-state index contributed by atoms with van der Waals surface area (Å²) in [6, 6.07) is 4.19. The number of carbonyl (C=O) groups is 1. The average Bonchev–Trinajstić information content (AvgIpc) is 2.74. The highest BCUT2D eigenvalue weighted by Gasteiger charge is 2.45. The molecule has 0 aliphatic carbocycles. The van der Waals surface area contributed by atoms with Gasteiger partial charge in [0.15, 0.2) is 6.10 Å². The van der Waals surface area contributed by atoms with Crippen molar-refractivity contribution in [3.05, 3.63) is 18.2 Å². The Morgan fingerprint density at radius 1 is 1.32 bits per heavy atom. The number of hydrogen-bond acceptors (Lipinski definition) is 5. The molecule has 0 radical (unpaired) electrons. The second kappa shape index (κ2) is 6.78. The number of sulfonamides is 1. The number of thioether (sulfide) groups is 1. The Kier molecular flexibility index (Phi) is 5.02. The van der Waals surface area contributed by atoms with Crippen LogP contribution in [0.2, 0.25) is 0 Å². The summed E-state index contributed by atoms with van der Waals surface area (Å²) in [6.45, 7) is -1.28. The molecule has 1 saturated heterocycles. The SMILES string of the molecule is O=C1CCSc2ccc(S(=O)(=O)N3CCO[C@@H](C(F)(F)F)C3)cc2N1. The van der Waals surface area contributed by atoms with Gasteiger partial charge in [0, 0.05) is 30.2 Å². The standard InChI is InChI=1S/C14H15F3N2O4S2/c15-14(16,17)12-8-19(4-5-23-12)25(21,22)9-1-2-11-10(7-9)18-13(20)3-6-24-11/h1-2,7,12H,3-6,8H2,(H,18,20)/t12-/m1/s1. The van der Waals surface area contributed by atoms with E-state index in [1.54, 1.807) is 6.07 Å². The van der Waals surface area contributed by atoms with E-state index in [9.17, 15) is 26.4 Å². The fourth-order valence-electron chi connectivity index (χ4n) is 2.55. The number of alkyl halides is 3. The third-order valence-corrected chi connectivity index (χ3v) is 6.78. The van der Waals surface area contributed by atoms with Crippen molar-refractivity contribution in [1.82, 2.24) is 4.31 Å². The Balaban J connectivity index is 1.89. The number of anilines is 1. The van der Waals surface area contributed by atoms with Crippen LogP contribution in [0.25, 0.3) is 0 Å². The molecular formula is C14H15F3N2O4S2. The molecule has 1 fully saturated rings.